The normalized spacial score (nSPS) is 14.7. The minimum absolute atomic E-state index is 0.0292. The molecule has 38 heavy (non-hydrogen) atoms. The molecule has 0 fully saturated rings. The van der Waals surface area contributed by atoms with Crippen LogP contribution in [0.4, 0.5) is 5.13 Å². The van der Waals surface area contributed by atoms with Crippen molar-refractivity contribution in [1.82, 2.24) is 10.2 Å². The molecule has 1 amide bonds. The van der Waals surface area contributed by atoms with Gasteiger partial charge in [-0.15, -0.1) is 10.2 Å². The molecule has 3 heterocycles. The summed E-state index contributed by atoms with van der Waals surface area (Å²) >= 11 is 2.79. The first-order valence-electron chi connectivity index (χ1n) is 11.9. The lowest BCUT2D eigenvalue weighted by Crippen LogP contribution is -2.29. The first-order chi connectivity index (χ1) is 18.5. The van der Waals surface area contributed by atoms with Crippen molar-refractivity contribution >= 4 is 45.1 Å². The fourth-order valence-electron chi connectivity index (χ4n) is 4.48. The molecule has 0 aliphatic carbocycles. The van der Waals surface area contributed by atoms with Gasteiger partial charge in [0.25, 0.3) is 5.91 Å². The fourth-order valence-corrected chi connectivity index (χ4v) is 6.31. The number of benzene rings is 3. The second kappa shape index (κ2) is 9.96. The summed E-state index contributed by atoms with van der Waals surface area (Å²) in [5.74, 6) is 0.419. The highest BCUT2D eigenvalue weighted by molar-refractivity contribution is 8.00. The summed E-state index contributed by atoms with van der Waals surface area (Å²) < 4.78 is 12.3. The van der Waals surface area contributed by atoms with Crippen LogP contribution in [0.3, 0.4) is 0 Å². The Morgan fingerprint density at radius 2 is 1.84 bits per heavy atom. The largest absolute Gasteiger partial charge is 0.504 e. The summed E-state index contributed by atoms with van der Waals surface area (Å²) in [6.07, 6.45) is 0. The predicted molar refractivity (Wildman–Crippen MR) is 146 cm³/mol. The molecule has 1 N–H and O–H groups in total. The van der Waals surface area contributed by atoms with Gasteiger partial charge in [0.1, 0.15) is 5.58 Å². The average Bonchev–Trinajstić information content (AvgIpc) is 3.52. The minimum atomic E-state index is -0.835. The Morgan fingerprint density at radius 1 is 1.05 bits per heavy atom. The lowest BCUT2D eigenvalue weighted by Gasteiger charge is -2.22. The van der Waals surface area contributed by atoms with E-state index in [1.165, 1.54) is 34.1 Å². The van der Waals surface area contributed by atoms with E-state index >= 15 is 0 Å². The molecule has 5 aromatic rings. The van der Waals surface area contributed by atoms with E-state index in [4.69, 9.17) is 9.15 Å². The van der Waals surface area contributed by atoms with Gasteiger partial charge in [-0.05, 0) is 42.3 Å². The van der Waals surface area contributed by atoms with Gasteiger partial charge < -0.3 is 14.3 Å². The molecule has 0 spiro atoms. The van der Waals surface area contributed by atoms with Crippen LogP contribution in [0.1, 0.15) is 40.2 Å². The summed E-state index contributed by atoms with van der Waals surface area (Å²) in [5.41, 5.74) is 1.98. The van der Waals surface area contributed by atoms with Gasteiger partial charge >= 0.3 is 0 Å². The molecule has 6 rings (SSSR count). The van der Waals surface area contributed by atoms with Crippen molar-refractivity contribution in [1.29, 1.82) is 0 Å². The number of fused-ring (bicyclic) bond motifs is 2. The molecule has 8 nitrogen and oxygen atoms in total. The molecule has 1 atom stereocenters. The van der Waals surface area contributed by atoms with Crippen LogP contribution in [0, 0.1) is 0 Å². The molecule has 0 bridgehead atoms. The number of aromatic hydroxyl groups is 1. The van der Waals surface area contributed by atoms with E-state index in [2.05, 4.69) is 10.2 Å². The van der Waals surface area contributed by atoms with Crippen molar-refractivity contribution < 1.29 is 19.1 Å². The number of aromatic nitrogens is 2. The molecule has 1 unspecified atom stereocenters. The lowest BCUT2D eigenvalue weighted by molar-refractivity contribution is 0.0970. The molecule has 0 radical (unpaired) electrons. The maximum Gasteiger partial charge on any atom is 0.297 e. The number of carbonyl (C=O) groups is 1. The number of hydrogen-bond acceptors (Lipinski definition) is 9. The zero-order valence-electron chi connectivity index (χ0n) is 20.2. The third-order valence-corrected chi connectivity index (χ3v) is 8.31. The molecule has 190 valence electrons. The van der Waals surface area contributed by atoms with Gasteiger partial charge in [-0.3, -0.25) is 14.5 Å². The molecule has 10 heteroatoms. The molecule has 3 aromatic carbocycles. The van der Waals surface area contributed by atoms with Crippen molar-refractivity contribution in [3.63, 3.8) is 0 Å². The topological polar surface area (TPSA) is 106 Å². The number of ether oxygens (including phenoxy) is 1. The highest BCUT2D eigenvalue weighted by Gasteiger charge is 2.45. The first kappa shape index (κ1) is 24.2. The third kappa shape index (κ3) is 4.21. The number of rotatable bonds is 7. The van der Waals surface area contributed by atoms with Gasteiger partial charge in [0.2, 0.25) is 10.9 Å². The van der Waals surface area contributed by atoms with Gasteiger partial charge in [0.05, 0.1) is 23.6 Å². The number of hydrogen-bond donors (Lipinski definition) is 1. The van der Waals surface area contributed by atoms with Crippen molar-refractivity contribution in [3.8, 4) is 11.5 Å². The summed E-state index contributed by atoms with van der Waals surface area (Å²) in [7, 11) is 0. The molecular formula is C28H21N3O5S2. The van der Waals surface area contributed by atoms with E-state index in [9.17, 15) is 14.7 Å². The first-order valence-corrected chi connectivity index (χ1v) is 13.7. The minimum Gasteiger partial charge on any atom is -0.504 e. The number of phenols is 1. The van der Waals surface area contributed by atoms with Gasteiger partial charge in [-0.1, -0.05) is 71.6 Å². The van der Waals surface area contributed by atoms with Crippen LogP contribution in [0.5, 0.6) is 11.5 Å². The van der Waals surface area contributed by atoms with Crippen molar-refractivity contribution in [2.24, 2.45) is 0 Å². The van der Waals surface area contributed by atoms with E-state index < -0.39 is 11.9 Å². The van der Waals surface area contributed by atoms with Crippen LogP contribution in [-0.2, 0) is 5.75 Å². The van der Waals surface area contributed by atoms with E-state index in [1.807, 2.05) is 37.3 Å². The van der Waals surface area contributed by atoms with E-state index in [0.29, 0.717) is 38.4 Å². The van der Waals surface area contributed by atoms with Gasteiger partial charge in [-0.2, -0.15) is 0 Å². The second-order valence-electron chi connectivity index (χ2n) is 8.53. The second-order valence-corrected chi connectivity index (χ2v) is 10.7. The van der Waals surface area contributed by atoms with Gasteiger partial charge in [-0.25, -0.2) is 0 Å². The quantitative estimate of drug-likeness (QED) is 0.203. The van der Waals surface area contributed by atoms with Crippen LogP contribution in [0.15, 0.2) is 86.3 Å². The zero-order chi connectivity index (χ0) is 26.2. The summed E-state index contributed by atoms with van der Waals surface area (Å²) in [4.78, 5) is 28.9. The third-order valence-electron chi connectivity index (χ3n) is 6.18. The number of amides is 1. The fraction of sp³-hybridized carbons (Fsp3) is 0.143. The Hall–Kier alpha value is -4.15. The Bertz CT molecular complexity index is 1720. The van der Waals surface area contributed by atoms with Crippen LogP contribution < -0.4 is 15.1 Å². The summed E-state index contributed by atoms with van der Waals surface area (Å²) in [5, 5.41) is 19.6. The monoisotopic (exact) mass is 543 g/mol. The van der Waals surface area contributed by atoms with E-state index in [1.54, 1.807) is 36.4 Å². The van der Waals surface area contributed by atoms with Crippen LogP contribution in [0.25, 0.3) is 11.0 Å². The van der Waals surface area contributed by atoms with Crippen LogP contribution in [-0.4, -0.2) is 27.8 Å². The number of thioether (sulfide) groups is 1. The smallest absolute Gasteiger partial charge is 0.297 e. The Balaban J connectivity index is 1.46. The van der Waals surface area contributed by atoms with E-state index in [-0.39, 0.29) is 28.3 Å². The zero-order valence-corrected chi connectivity index (χ0v) is 21.8. The van der Waals surface area contributed by atoms with Crippen molar-refractivity contribution in [2.75, 3.05) is 11.5 Å². The number of nitrogens with zero attached hydrogens (tertiary/aromatic N) is 3. The standard InChI is InChI=1S/C28H21N3O5S2/c1-2-35-21-14-17(12-13-19(21)32)23-22-24(33)18-10-6-7-11-20(18)36-25(22)26(34)31(23)27-29-30-28(38-27)37-15-16-8-4-3-5-9-16/h3-14,23,32H,2,15H2,1H3. The Labute approximate surface area is 225 Å². The molecule has 2 aromatic heterocycles. The molecule has 0 saturated carbocycles. The van der Waals surface area contributed by atoms with Crippen molar-refractivity contribution in [2.45, 2.75) is 23.1 Å². The predicted octanol–water partition coefficient (Wildman–Crippen LogP) is 5.79. The molecular weight excluding hydrogens is 522 g/mol. The maximum absolute atomic E-state index is 13.8. The number of anilines is 1. The molecule has 1 aliphatic heterocycles. The molecule has 1 aliphatic rings. The summed E-state index contributed by atoms with van der Waals surface area (Å²) in [6.45, 7) is 2.15. The van der Waals surface area contributed by atoms with Crippen LogP contribution in [0.2, 0.25) is 0 Å². The SMILES string of the molecule is CCOc1cc(C2c3c(oc4ccccc4c3=O)C(=O)N2c2nnc(SCc3ccccc3)s2)ccc1O. The van der Waals surface area contributed by atoms with Crippen LogP contribution >= 0.6 is 23.1 Å². The molecule has 0 saturated heterocycles. The number of phenolic OH excluding ortho intramolecular Hbond substituents is 1. The summed E-state index contributed by atoms with van der Waals surface area (Å²) in [6, 6.07) is 20.8. The van der Waals surface area contributed by atoms with Gasteiger partial charge in [0, 0.05) is 5.75 Å². The number of carbonyl (C=O) groups excluding carboxylic acids is 1. The number of para-hydroxylation sites is 1. The Morgan fingerprint density at radius 3 is 2.66 bits per heavy atom. The average molecular weight is 544 g/mol. The Kier molecular flexibility index (Phi) is 6.34. The van der Waals surface area contributed by atoms with Gasteiger partial charge in [0.15, 0.2) is 21.3 Å². The maximum atomic E-state index is 13.8. The lowest BCUT2D eigenvalue weighted by atomic mass is 9.98. The van der Waals surface area contributed by atoms with Crippen molar-refractivity contribution in [3.05, 3.63) is 105 Å². The highest BCUT2D eigenvalue weighted by atomic mass is 32.2. The highest BCUT2D eigenvalue weighted by Crippen LogP contribution is 2.44. The van der Waals surface area contributed by atoms with E-state index in [0.717, 1.165) is 5.56 Å².